The fraction of sp³-hybridized carbons (Fsp3) is 0.381. The minimum absolute atomic E-state index is 0.0111. The molecule has 2 aromatic heterocycles. The van der Waals surface area contributed by atoms with Gasteiger partial charge in [-0.25, -0.2) is 13.2 Å². The van der Waals surface area contributed by atoms with E-state index in [9.17, 15) is 13.2 Å². The molecular formula is C21H23ClN4O3S2. The first-order chi connectivity index (χ1) is 14.8. The summed E-state index contributed by atoms with van der Waals surface area (Å²) in [6, 6.07) is 7.07. The first kappa shape index (κ1) is 20.8. The van der Waals surface area contributed by atoms with Gasteiger partial charge in [0.1, 0.15) is 4.21 Å². The van der Waals surface area contributed by atoms with Crippen molar-refractivity contribution in [1.82, 2.24) is 18.7 Å². The minimum Gasteiger partial charge on any atom is -0.357 e. The lowest BCUT2D eigenvalue weighted by Crippen LogP contribution is -2.54. The van der Waals surface area contributed by atoms with Crippen molar-refractivity contribution in [2.24, 2.45) is 7.05 Å². The molecule has 2 amide bonds. The molecule has 0 spiro atoms. The van der Waals surface area contributed by atoms with Crippen LogP contribution in [-0.4, -0.2) is 65.8 Å². The normalized spacial score (nSPS) is 17.9. The molecule has 2 aliphatic rings. The van der Waals surface area contributed by atoms with Gasteiger partial charge in [-0.3, -0.25) is 0 Å². The van der Waals surface area contributed by atoms with Gasteiger partial charge < -0.3 is 14.4 Å². The van der Waals surface area contributed by atoms with Crippen LogP contribution in [0, 0.1) is 0 Å². The fourth-order valence-corrected chi connectivity index (χ4v) is 7.57. The molecule has 0 atom stereocenters. The number of aromatic nitrogens is 1. The second-order valence-corrected chi connectivity index (χ2v) is 11.8. The molecule has 2 aliphatic heterocycles. The molecule has 0 saturated carbocycles. The van der Waals surface area contributed by atoms with E-state index in [1.807, 2.05) is 22.6 Å². The number of thiophene rings is 1. The summed E-state index contributed by atoms with van der Waals surface area (Å²) in [5.74, 6) is 0. The predicted molar refractivity (Wildman–Crippen MR) is 122 cm³/mol. The first-order valence-electron chi connectivity index (χ1n) is 10.2. The maximum Gasteiger partial charge on any atom is 0.320 e. The molecule has 1 saturated heterocycles. The van der Waals surface area contributed by atoms with E-state index in [0.29, 0.717) is 48.5 Å². The lowest BCUT2D eigenvalue weighted by molar-refractivity contribution is 0.130. The molecule has 31 heavy (non-hydrogen) atoms. The van der Waals surface area contributed by atoms with Gasteiger partial charge in [0.15, 0.2) is 0 Å². The van der Waals surface area contributed by atoms with Crippen LogP contribution in [0.15, 0.2) is 40.9 Å². The van der Waals surface area contributed by atoms with Crippen molar-refractivity contribution in [2.45, 2.75) is 17.2 Å². The van der Waals surface area contributed by atoms with Gasteiger partial charge in [-0.05, 0) is 41.1 Å². The number of hydrogen-bond donors (Lipinski definition) is 0. The number of hydrogen-bond acceptors (Lipinski definition) is 4. The van der Waals surface area contributed by atoms with Crippen molar-refractivity contribution in [2.75, 3.05) is 32.7 Å². The summed E-state index contributed by atoms with van der Waals surface area (Å²) in [4.78, 5) is 16.6. The van der Waals surface area contributed by atoms with Crippen molar-refractivity contribution in [1.29, 1.82) is 0 Å². The number of sulfonamides is 1. The van der Waals surface area contributed by atoms with Gasteiger partial charge in [-0.1, -0.05) is 17.7 Å². The smallest absolute Gasteiger partial charge is 0.320 e. The standard InChI is InChI=1S/C21H23ClN4O3S2/c1-23-12-16-4-5-25(14-17(16)13-23)21(27)24-6-8-26(9-7-24)31(28,29)20-10-15-2-3-18(22)11-19(15)30-20/h2-3,10-13H,4-9,14H2,1H3. The van der Waals surface area contributed by atoms with Crippen LogP contribution in [0.3, 0.4) is 0 Å². The number of aryl methyl sites for hydroxylation is 1. The number of fused-ring (bicyclic) bond motifs is 2. The third-order valence-electron chi connectivity index (χ3n) is 5.98. The summed E-state index contributed by atoms with van der Waals surface area (Å²) in [6.45, 7) is 2.69. The Morgan fingerprint density at radius 1 is 1.00 bits per heavy atom. The number of carbonyl (C=O) groups is 1. The number of piperazine rings is 1. The van der Waals surface area contributed by atoms with Crippen LogP contribution in [-0.2, 0) is 30.0 Å². The lowest BCUT2D eigenvalue weighted by Gasteiger charge is -2.37. The average Bonchev–Trinajstić information content (AvgIpc) is 3.35. The largest absolute Gasteiger partial charge is 0.357 e. The van der Waals surface area contributed by atoms with Crippen LogP contribution in [0.2, 0.25) is 5.02 Å². The van der Waals surface area contributed by atoms with E-state index in [-0.39, 0.29) is 6.03 Å². The molecule has 0 N–H and O–H groups in total. The Labute approximate surface area is 190 Å². The van der Waals surface area contributed by atoms with Crippen molar-refractivity contribution in [3.63, 3.8) is 0 Å². The fourth-order valence-electron chi connectivity index (χ4n) is 4.32. The summed E-state index contributed by atoms with van der Waals surface area (Å²) in [6.07, 6.45) is 5.03. The van der Waals surface area contributed by atoms with E-state index < -0.39 is 10.0 Å². The SMILES string of the molecule is Cn1cc2c(c1)CN(C(=O)N1CCN(S(=O)(=O)c3cc4ccc(Cl)cc4s3)CC1)CC2. The molecule has 1 fully saturated rings. The molecule has 4 heterocycles. The van der Waals surface area contributed by atoms with E-state index in [2.05, 4.69) is 12.4 Å². The Morgan fingerprint density at radius 2 is 1.74 bits per heavy atom. The van der Waals surface area contributed by atoms with Crippen LogP contribution in [0.4, 0.5) is 4.79 Å². The summed E-state index contributed by atoms with van der Waals surface area (Å²) in [7, 11) is -1.60. The Kier molecular flexibility index (Phi) is 5.24. The van der Waals surface area contributed by atoms with Crippen molar-refractivity contribution in [3.8, 4) is 0 Å². The molecule has 10 heteroatoms. The number of nitrogens with zero attached hydrogens (tertiary/aromatic N) is 4. The van der Waals surface area contributed by atoms with Crippen LogP contribution >= 0.6 is 22.9 Å². The molecular weight excluding hydrogens is 456 g/mol. The van der Waals surface area contributed by atoms with Gasteiger partial charge in [-0.15, -0.1) is 11.3 Å². The van der Waals surface area contributed by atoms with E-state index in [1.54, 1.807) is 23.1 Å². The molecule has 164 valence electrons. The van der Waals surface area contributed by atoms with Crippen molar-refractivity contribution < 1.29 is 13.2 Å². The molecule has 0 radical (unpaired) electrons. The van der Waals surface area contributed by atoms with Gasteiger partial charge in [0.2, 0.25) is 0 Å². The van der Waals surface area contributed by atoms with Gasteiger partial charge in [-0.2, -0.15) is 4.31 Å². The highest BCUT2D eigenvalue weighted by Crippen LogP contribution is 2.33. The molecule has 0 unspecified atom stereocenters. The average molecular weight is 479 g/mol. The van der Waals surface area contributed by atoms with E-state index in [0.717, 1.165) is 16.5 Å². The van der Waals surface area contributed by atoms with Crippen molar-refractivity contribution >= 4 is 49.1 Å². The lowest BCUT2D eigenvalue weighted by atomic mass is 10.1. The van der Waals surface area contributed by atoms with Crippen molar-refractivity contribution in [3.05, 3.63) is 52.8 Å². The number of urea groups is 1. The zero-order valence-corrected chi connectivity index (χ0v) is 19.5. The monoisotopic (exact) mass is 478 g/mol. The Hall–Kier alpha value is -2.07. The quantitative estimate of drug-likeness (QED) is 0.567. The Morgan fingerprint density at radius 3 is 2.52 bits per heavy atom. The molecule has 5 rings (SSSR count). The van der Waals surface area contributed by atoms with Crippen LogP contribution in [0.25, 0.3) is 10.1 Å². The second kappa shape index (κ2) is 7.81. The van der Waals surface area contributed by atoms with Gasteiger partial charge >= 0.3 is 6.03 Å². The van der Waals surface area contributed by atoms with Crippen LogP contribution in [0.1, 0.15) is 11.1 Å². The Bertz CT molecular complexity index is 1260. The Balaban J connectivity index is 1.25. The highest BCUT2D eigenvalue weighted by atomic mass is 35.5. The van der Waals surface area contributed by atoms with Gasteiger partial charge in [0.05, 0.1) is 0 Å². The summed E-state index contributed by atoms with van der Waals surface area (Å²) >= 11 is 7.27. The number of amides is 2. The van der Waals surface area contributed by atoms with E-state index in [4.69, 9.17) is 11.6 Å². The molecule has 1 aromatic carbocycles. The summed E-state index contributed by atoms with van der Waals surface area (Å²) in [5, 5.41) is 1.46. The zero-order chi connectivity index (χ0) is 21.8. The molecule has 0 aliphatic carbocycles. The van der Waals surface area contributed by atoms with Crippen LogP contribution in [0.5, 0.6) is 0 Å². The number of rotatable bonds is 2. The van der Waals surface area contributed by atoms with Gasteiger partial charge in [0, 0.05) is 68.4 Å². The molecule has 3 aromatic rings. The number of halogens is 1. The minimum atomic E-state index is -3.59. The van der Waals surface area contributed by atoms with E-state index >= 15 is 0 Å². The zero-order valence-electron chi connectivity index (χ0n) is 17.1. The highest BCUT2D eigenvalue weighted by molar-refractivity contribution is 7.91. The maximum absolute atomic E-state index is 13.1. The third kappa shape index (κ3) is 3.84. The van der Waals surface area contributed by atoms with Gasteiger partial charge in [0.25, 0.3) is 10.0 Å². The maximum atomic E-state index is 13.1. The predicted octanol–water partition coefficient (Wildman–Crippen LogP) is 3.38. The molecule has 0 bridgehead atoms. The highest BCUT2D eigenvalue weighted by Gasteiger charge is 2.33. The first-order valence-corrected chi connectivity index (χ1v) is 12.8. The second-order valence-electron chi connectivity index (χ2n) is 8.07. The summed E-state index contributed by atoms with van der Waals surface area (Å²) in [5.41, 5.74) is 2.49. The summed E-state index contributed by atoms with van der Waals surface area (Å²) < 4.78 is 31.0. The number of carbonyl (C=O) groups excluding carboxylic acids is 1. The van der Waals surface area contributed by atoms with E-state index in [1.165, 1.54) is 26.8 Å². The van der Waals surface area contributed by atoms with Crippen LogP contribution < -0.4 is 0 Å². The topological polar surface area (TPSA) is 65.9 Å². The third-order valence-corrected chi connectivity index (χ3v) is 9.66. The molecule has 7 nitrogen and oxygen atoms in total. The number of benzene rings is 1.